The summed E-state index contributed by atoms with van der Waals surface area (Å²) in [4.78, 5) is 2.44. The van der Waals surface area contributed by atoms with Crippen molar-refractivity contribution in [2.24, 2.45) is 5.92 Å². The molecule has 3 aromatic rings. The van der Waals surface area contributed by atoms with Crippen LogP contribution in [0.4, 0.5) is 0 Å². The number of aromatic hydroxyl groups is 1. The molecule has 2 atom stereocenters. The molecule has 1 saturated carbocycles. The number of likely N-dealkylation sites (tertiary alicyclic amines) is 1. The first-order chi connectivity index (χ1) is 17.1. The Hall–Kier alpha value is -2.82. The zero-order valence-corrected chi connectivity index (χ0v) is 20.6. The van der Waals surface area contributed by atoms with Crippen molar-refractivity contribution in [3.8, 4) is 22.6 Å². The van der Waals surface area contributed by atoms with Crippen molar-refractivity contribution >= 4 is 0 Å². The van der Waals surface area contributed by atoms with Crippen LogP contribution in [0.2, 0.25) is 0 Å². The van der Waals surface area contributed by atoms with Crippen LogP contribution in [0.1, 0.15) is 53.5 Å². The summed E-state index contributed by atoms with van der Waals surface area (Å²) < 4.78 is 6.39. The molecular formula is C31H35NO3. The first kappa shape index (κ1) is 22.6. The van der Waals surface area contributed by atoms with Gasteiger partial charge in [-0.3, -0.25) is 4.90 Å². The Morgan fingerprint density at radius 2 is 1.86 bits per heavy atom. The van der Waals surface area contributed by atoms with Crippen LogP contribution < -0.4 is 4.74 Å². The number of fused-ring (bicyclic) bond motifs is 2. The molecule has 1 saturated heterocycles. The molecule has 2 aliphatic carbocycles. The summed E-state index contributed by atoms with van der Waals surface area (Å²) in [5.74, 6) is 1.78. The monoisotopic (exact) mass is 469 g/mol. The van der Waals surface area contributed by atoms with Crippen LogP contribution in [0.5, 0.6) is 11.5 Å². The highest BCUT2D eigenvalue weighted by atomic mass is 16.5. The first-order valence-corrected chi connectivity index (χ1v) is 13.1. The number of hydrogen-bond donors (Lipinski definition) is 2. The molecule has 3 aliphatic rings. The van der Waals surface area contributed by atoms with Crippen molar-refractivity contribution in [2.75, 3.05) is 13.2 Å². The largest absolute Gasteiger partial charge is 0.507 e. The van der Waals surface area contributed by atoms with Gasteiger partial charge in [-0.15, -0.1) is 0 Å². The summed E-state index contributed by atoms with van der Waals surface area (Å²) in [6, 6.07) is 18.7. The second-order valence-electron chi connectivity index (χ2n) is 10.7. The molecule has 0 bridgehead atoms. The van der Waals surface area contributed by atoms with Gasteiger partial charge in [0, 0.05) is 23.7 Å². The maximum absolute atomic E-state index is 11.1. The maximum atomic E-state index is 11.1. The number of aliphatic hydroxyl groups excluding tert-OH is 1. The van der Waals surface area contributed by atoms with E-state index in [2.05, 4.69) is 54.3 Å². The van der Waals surface area contributed by atoms with Gasteiger partial charge in [-0.25, -0.2) is 0 Å². The predicted octanol–water partition coefficient (Wildman–Crippen LogP) is 5.78. The number of ether oxygens (including phenoxy) is 1. The van der Waals surface area contributed by atoms with E-state index in [1.807, 2.05) is 12.1 Å². The molecule has 0 aromatic heterocycles. The number of rotatable bonds is 7. The summed E-state index contributed by atoms with van der Waals surface area (Å²) >= 11 is 0. The molecule has 4 heteroatoms. The molecule has 4 nitrogen and oxygen atoms in total. The van der Waals surface area contributed by atoms with Crippen molar-refractivity contribution in [3.05, 3.63) is 82.4 Å². The van der Waals surface area contributed by atoms with E-state index in [1.165, 1.54) is 46.2 Å². The van der Waals surface area contributed by atoms with E-state index in [0.29, 0.717) is 18.3 Å². The fraction of sp³-hybridized carbons (Fsp3) is 0.419. The molecule has 3 aromatic carbocycles. The number of nitrogens with zero attached hydrogens (tertiary/aromatic N) is 1. The highest BCUT2D eigenvalue weighted by Crippen LogP contribution is 2.54. The molecule has 0 amide bonds. The Bertz CT molecular complexity index is 1240. The minimum Gasteiger partial charge on any atom is -0.507 e. The molecular weight excluding hydrogens is 434 g/mol. The van der Waals surface area contributed by atoms with E-state index < -0.39 is 0 Å². The number of hydrogen-bond acceptors (Lipinski definition) is 4. The third-order valence-electron chi connectivity index (χ3n) is 8.80. The lowest BCUT2D eigenvalue weighted by Crippen LogP contribution is -2.44. The third-order valence-corrected chi connectivity index (χ3v) is 8.80. The molecule has 6 rings (SSSR count). The lowest BCUT2D eigenvalue weighted by atomic mass is 9.96. The summed E-state index contributed by atoms with van der Waals surface area (Å²) in [7, 11) is 0. The van der Waals surface area contributed by atoms with E-state index in [0.717, 1.165) is 50.1 Å². The molecule has 0 radical (unpaired) electrons. The maximum Gasteiger partial charge on any atom is 0.126 e. The van der Waals surface area contributed by atoms with Crippen LogP contribution in [0.15, 0.2) is 54.6 Å². The van der Waals surface area contributed by atoms with Gasteiger partial charge in [-0.1, -0.05) is 48.5 Å². The lowest BCUT2D eigenvalue weighted by Gasteiger charge is -2.36. The Morgan fingerprint density at radius 1 is 1.03 bits per heavy atom. The number of phenols is 1. The summed E-state index contributed by atoms with van der Waals surface area (Å²) in [5.41, 5.74) is 8.37. The van der Waals surface area contributed by atoms with Crippen LogP contribution in [0.25, 0.3) is 11.1 Å². The van der Waals surface area contributed by atoms with E-state index in [1.54, 1.807) is 0 Å². The van der Waals surface area contributed by atoms with Crippen LogP contribution in [0, 0.1) is 12.8 Å². The standard InChI is InChI=1S/C31H35NO3/c1-21-23(10-5-12-25(21)22-8-3-2-4-9-22)19-35-30-16-29(34)28(26-13-6-14-27(26)30)18-32-15-7-11-24-17-31(24,32)20-33/h2-5,8-10,12,16,24,33-34H,6-7,11,13-15,17-20H2,1H3. The van der Waals surface area contributed by atoms with Gasteiger partial charge in [0.1, 0.15) is 18.1 Å². The predicted molar refractivity (Wildman–Crippen MR) is 139 cm³/mol. The SMILES string of the molecule is Cc1c(COc2cc(O)c(CN3CCCC4CC43CO)c3c2CCC3)cccc1-c1ccccc1. The van der Waals surface area contributed by atoms with Crippen LogP contribution in [-0.4, -0.2) is 33.8 Å². The van der Waals surface area contributed by atoms with Crippen molar-refractivity contribution in [1.82, 2.24) is 4.90 Å². The first-order valence-electron chi connectivity index (χ1n) is 13.1. The molecule has 182 valence electrons. The molecule has 1 heterocycles. The van der Waals surface area contributed by atoms with Crippen LogP contribution in [-0.2, 0) is 26.0 Å². The van der Waals surface area contributed by atoms with E-state index in [4.69, 9.17) is 4.74 Å². The van der Waals surface area contributed by atoms with Crippen molar-refractivity contribution < 1.29 is 14.9 Å². The van der Waals surface area contributed by atoms with E-state index >= 15 is 0 Å². The highest BCUT2D eigenvalue weighted by molar-refractivity contribution is 5.68. The zero-order chi connectivity index (χ0) is 24.0. The van der Waals surface area contributed by atoms with Gasteiger partial charge in [0.2, 0.25) is 0 Å². The normalized spacial score (nSPS) is 23.1. The lowest BCUT2D eigenvalue weighted by molar-refractivity contribution is 0.0642. The molecule has 0 spiro atoms. The fourth-order valence-electron chi connectivity index (χ4n) is 6.63. The van der Waals surface area contributed by atoms with Gasteiger partial charge in [0.05, 0.1) is 6.61 Å². The summed E-state index contributed by atoms with van der Waals surface area (Å²) in [6.07, 6.45) is 6.57. The van der Waals surface area contributed by atoms with Crippen molar-refractivity contribution in [1.29, 1.82) is 0 Å². The number of piperidine rings is 1. The van der Waals surface area contributed by atoms with E-state index in [-0.39, 0.29) is 12.1 Å². The Kier molecular flexibility index (Phi) is 5.82. The molecule has 2 unspecified atom stereocenters. The number of phenolic OH excluding ortho intramolecular Hbond substituents is 1. The molecule has 2 N–H and O–H groups in total. The van der Waals surface area contributed by atoms with Crippen molar-refractivity contribution in [2.45, 2.75) is 64.1 Å². The van der Waals surface area contributed by atoms with Gasteiger partial charge >= 0.3 is 0 Å². The molecule has 1 aliphatic heterocycles. The second kappa shape index (κ2) is 9.00. The minimum absolute atomic E-state index is 0.0490. The third kappa shape index (κ3) is 3.93. The zero-order valence-electron chi connectivity index (χ0n) is 20.6. The van der Waals surface area contributed by atoms with E-state index in [9.17, 15) is 10.2 Å². The average Bonchev–Trinajstić information content (AvgIpc) is 3.44. The van der Waals surface area contributed by atoms with Crippen LogP contribution in [0.3, 0.4) is 0 Å². The van der Waals surface area contributed by atoms with Gasteiger partial charge in [0.25, 0.3) is 0 Å². The second-order valence-corrected chi connectivity index (χ2v) is 10.7. The Labute approximate surface area is 208 Å². The quantitative estimate of drug-likeness (QED) is 0.460. The van der Waals surface area contributed by atoms with Gasteiger partial charge in [0.15, 0.2) is 0 Å². The summed E-state index contributed by atoms with van der Waals surface area (Å²) in [5, 5.41) is 21.2. The Balaban J connectivity index is 1.25. The van der Waals surface area contributed by atoms with Gasteiger partial charge < -0.3 is 14.9 Å². The molecule has 2 fully saturated rings. The number of aliphatic hydroxyl groups is 1. The van der Waals surface area contributed by atoms with Gasteiger partial charge in [-0.2, -0.15) is 0 Å². The van der Waals surface area contributed by atoms with Crippen LogP contribution >= 0.6 is 0 Å². The van der Waals surface area contributed by atoms with Crippen molar-refractivity contribution in [3.63, 3.8) is 0 Å². The minimum atomic E-state index is -0.0490. The topological polar surface area (TPSA) is 52.9 Å². The smallest absolute Gasteiger partial charge is 0.126 e. The van der Waals surface area contributed by atoms with Gasteiger partial charge in [-0.05, 0) is 91.3 Å². The fourth-order valence-corrected chi connectivity index (χ4v) is 6.63. The highest BCUT2D eigenvalue weighted by Gasteiger charge is 2.58. The molecule has 35 heavy (non-hydrogen) atoms. The Morgan fingerprint density at radius 3 is 2.69 bits per heavy atom. The number of benzene rings is 3. The summed E-state index contributed by atoms with van der Waals surface area (Å²) in [6.45, 7) is 4.60. The average molecular weight is 470 g/mol.